The smallest absolute Gasteiger partial charge is 0.150 e. The van der Waals surface area contributed by atoms with Gasteiger partial charge in [-0.2, -0.15) is 0 Å². The van der Waals surface area contributed by atoms with E-state index in [-0.39, 0.29) is 6.10 Å². The van der Waals surface area contributed by atoms with Crippen molar-refractivity contribution in [2.24, 2.45) is 0 Å². The number of ether oxygens (including phenoxy) is 1. The molecule has 0 radical (unpaired) electrons. The maximum absolute atomic E-state index is 10.1. The molecule has 1 atom stereocenters. The van der Waals surface area contributed by atoms with Gasteiger partial charge in [0.2, 0.25) is 0 Å². The SMILES string of the molecule is O=C[C@@H]1CNCCCO1. The molecule has 0 aromatic heterocycles. The molecule has 0 saturated carbocycles. The van der Waals surface area contributed by atoms with Gasteiger partial charge in [-0.25, -0.2) is 0 Å². The molecule has 0 aliphatic carbocycles. The molecule has 3 nitrogen and oxygen atoms in total. The van der Waals surface area contributed by atoms with Gasteiger partial charge in [0.15, 0.2) is 0 Å². The van der Waals surface area contributed by atoms with Crippen LogP contribution >= 0.6 is 0 Å². The monoisotopic (exact) mass is 129 g/mol. The summed E-state index contributed by atoms with van der Waals surface area (Å²) in [5, 5.41) is 3.09. The van der Waals surface area contributed by atoms with E-state index in [1.54, 1.807) is 0 Å². The van der Waals surface area contributed by atoms with Gasteiger partial charge in [0, 0.05) is 13.2 Å². The molecule has 1 aliphatic rings. The van der Waals surface area contributed by atoms with E-state index in [9.17, 15) is 4.79 Å². The van der Waals surface area contributed by atoms with Crippen LogP contribution < -0.4 is 5.32 Å². The maximum atomic E-state index is 10.1. The highest BCUT2D eigenvalue weighted by Gasteiger charge is 2.08. The second kappa shape index (κ2) is 3.58. The highest BCUT2D eigenvalue weighted by molar-refractivity contribution is 5.56. The summed E-state index contributed by atoms with van der Waals surface area (Å²) < 4.78 is 5.12. The third-order valence-corrected chi connectivity index (χ3v) is 1.33. The molecule has 1 fully saturated rings. The number of carbonyl (C=O) groups is 1. The highest BCUT2D eigenvalue weighted by Crippen LogP contribution is 1.92. The van der Waals surface area contributed by atoms with Crippen LogP contribution in [-0.2, 0) is 9.53 Å². The van der Waals surface area contributed by atoms with Crippen molar-refractivity contribution in [1.82, 2.24) is 5.32 Å². The van der Waals surface area contributed by atoms with Gasteiger partial charge in [-0.05, 0) is 13.0 Å². The first kappa shape index (κ1) is 6.71. The molecule has 0 bridgehead atoms. The van der Waals surface area contributed by atoms with Crippen molar-refractivity contribution >= 4 is 6.29 Å². The second-order valence-electron chi connectivity index (χ2n) is 2.10. The predicted octanol–water partition coefficient (Wildman–Crippen LogP) is -0.436. The second-order valence-corrected chi connectivity index (χ2v) is 2.10. The Morgan fingerprint density at radius 2 is 2.56 bits per heavy atom. The van der Waals surface area contributed by atoms with E-state index in [2.05, 4.69) is 5.32 Å². The fourth-order valence-electron chi connectivity index (χ4n) is 0.823. The number of nitrogens with one attached hydrogen (secondary N) is 1. The Balaban J connectivity index is 2.26. The summed E-state index contributed by atoms with van der Waals surface area (Å²) in [6.45, 7) is 2.34. The van der Waals surface area contributed by atoms with E-state index in [0.717, 1.165) is 19.3 Å². The van der Waals surface area contributed by atoms with Crippen molar-refractivity contribution in [3.63, 3.8) is 0 Å². The van der Waals surface area contributed by atoms with Gasteiger partial charge >= 0.3 is 0 Å². The van der Waals surface area contributed by atoms with Crippen molar-refractivity contribution < 1.29 is 9.53 Å². The molecule has 0 amide bonds. The molecule has 3 heteroatoms. The van der Waals surface area contributed by atoms with Crippen molar-refractivity contribution in [2.45, 2.75) is 12.5 Å². The Morgan fingerprint density at radius 3 is 3.33 bits per heavy atom. The molecule has 9 heavy (non-hydrogen) atoms. The summed E-state index contributed by atoms with van der Waals surface area (Å²) in [6.07, 6.45) is 1.63. The zero-order valence-corrected chi connectivity index (χ0v) is 5.30. The van der Waals surface area contributed by atoms with Crippen molar-refractivity contribution in [3.8, 4) is 0 Å². The van der Waals surface area contributed by atoms with Crippen LogP contribution in [0.15, 0.2) is 0 Å². The van der Waals surface area contributed by atoms with E-state index < -0.39 is 0 Å². The van der Waals surface area contributed by atoms with Crippen LogP contribution in [0, 0.1) is 0 Å². The zero-order valence-electron chi connectivity index (χ0n) is 5.30. The van der Waals surface area contributed by atoms with Gasteiger partial charge < -0.3 is 14.8 Å². The van der Waals surface area contributed by atoms with Gasteiger partial charge in [-0.3, -0.25) is 0 Å². The maximum Gasteiger partial charge on any atom is 0.150 e. The average Bonchev–Trinajstić information content (AvgIpc) is 2.13. The van der Waals surface area contributed by atoms with Crippen LogP contribution in [0.3, 0.4) is 0 Å². The van der Waals surface area contributed by atoms with E-state index in [4.69, 9.17) is 4.74 Å². The van der Waals surface area contributed by atoms with E-state index >= 15 is 0 Å². The minimum absolute atomic E-state index is 0.215. The Hall–Kier alpha value is -0.410. The number of rotatable bonds is 1. The van der Waals surface area contributed by atoms with Gasteiger partial charge in [0.25, 0.3) is 0 Å². The van der Waals surface area contributed by atoms with Crippen LogP contribution in [0.5, 0.6) is 0 Å². The quantitative estimate of drug-likeness (QED) is 0.488. The summed E-state index contributed by atoms with van der Waals surface area (Å²) in [6, 6.07) is 0. The van der Waals surface area contributed by atoms with Crippen molar-refractivity contribution in [1.29, 1.82) is 0 Å². The van der Waals surface area contributed by atoms with E-state index in [0.29, 0.717) is 13.2 Å². The van der Waals surface area contributed by atoms with Gasteiger partial charge in [-0.1, -0.05) is 0 Å². The molecule has 1 heterocycles. The third-order valence-electron chi connectivity index (χ3n) is 1.33. The fourth-order valence-corrected chi connectivity index (χ4v) is 0.823. The largest absolute Gasteiger partial charge is 0.369 e. The fraction of sp³-hybridized carbons (Fsp3) is 0.833. The Bertz CT molecular complexity index is 87.1. The lowest BCUT2D eigenvalue weighted by molar-refractivity contribution is -0.117. The summed E-state index contributed by atoms with van der Waals surface area (Å²) >= 11 is 0. The van der Waals surface area contributed by atoms with Crippen LogP contribution in [-0.4, -0.2) is 32.1 Å². The molecule has 1 saturated heterocycles. The third kappa shape index (κ3) is 2.11. The summed E-state index contributed by atoms with van der Waals surface area (Å²) in [7, 11) is 0. The number of hydrogen-bond acceptors (Lipinski definition) is 3. The highest BCUT2D eigenvalue weighted by atomic mass is 16.5. The van der Waals surface area contributed by atoms with E-state index in [1.807, 2.05) is 0 Å². The lowest BCUT2D eigenvalue weighted by atomic mass is 10.4. The van der Waals surface area contributed by atoms with Crippen LogP contribution in [0.25, 0.3) is 0 Å². The molecule has 52 valence electrons. The minimum Gasteiger partial charge on any atom is -0.369 e. The first-order valence-corrected chi connectivity index (χ1v) is 3.21. The van der Waals surface area contributed by atoms with Crippen molar-refractivity contribution in [3.05, 3.63) is 0 Å². The molecule has 1 aliphatic heterocycles. The Labute approximate surface area is 54.4 Å². The molecule has 0 spiro atoms. The van der Waals surface area contributed by atoms with E-state index in [1.165, 1.54) is 0 Å². The van der Waals surface area contributed by atoms with Crippen LogP contribution in [0.2, 0.25) is 0 Å². The normalized spacial score (nSPS) is 29.1. The van der Waals surface area contributed by atoms with Crippen LogP contribution in [0.1, 0.15) is 6.42 Å². The molecular weight excluding hydrogens is 118 g/mol. The predicted molar refractivity (Wildman–Crippen MR) is 33.3 cm³/mol. The zero-order chi connectivity index (χ0) is 6.53. The number of aldehydes is 1. The molecule has 0 aromatic carbocycles. The number of carbonyl (C=O) groups excluding carboxylic acids is 1. The lowest BCUT2D eigenvalue weighted by Gasteiger charge is -2.04. The topological polar surface area (TPSA) is 38.3 Å². The number of hydrogen-bond donors (Lipinski definition) is 1. The Kier molecular flexibility index (Phi) is 2.67. The lowest BCUT2D eigenvalue weighted by Crippen LogP contribution is -2.26. The average molecular weight is 129 g/mol. The van der Waals surface area contributed by atoms with Gasteiger partial charge in [-0.15, -0.1) is 0 Å². The minimum atomic E-state index is -0.215. The summed E-state index contributed by atoms with van der Waals surface area (Å²) in [5.74, 6) is 0. The molecule has 0 unspecified atom stereocenters. The summed E-state index contributed by atoms with van der Waals surface area (Å²) in [4.78, 5) is 10.1. The molecular formula is C6H11NO2. The molecule has 1 N–H and O–H groups in total. The standard InChI is InChI=1S/C6H11NO2/c8-5-6-4-7-2-1-3-9-6/h5-7H,1-4H2/t6-/m0/s1. The van der Waals surface area contributed by atoms with Crippen LogP contribution in [0.4, 0.5) is 0 Å². The van der Waals surface area contributed by atoms with Gasteiger partial charge in [0.05, 0.1) is 0 Å². The first-order chi connectivity index (χ1) is 4.43. The molecule has 1 rings (SSSR count). The first-order valence-electron chi connectivity index (χ1n) is 3.21. The van der Waals surface area contributed by atoms with Crippen molar-refractivity contribution in [2.75, 3.05) is 19.7 Å². The summed E-state index contributed by atoms with van der Waals surface area (Å²) in [5.41, 5.74) is 0. The Morgan fingerprint density at radius 1 is 1.67 bits per heavy atom. The molecule has 0 aromatic rings. The van der Waals surface area contributed by atoms with Gasteiger partial charge in [0.1, 0.15) is 12.4 Å².